The number of nitrogens with two attached hydrogens (primary N) is 1. The van der Waals surface area contributed by atoms with Crippen molar-refractivity contribution in [3.05, 3.63) is 0 Å². The number of hydrogen-bond donors (Lipinski definition) is 2. The summed E-state index contributed by atoms with van der Waals surface area (Å²) in [6, 6.07) is -0.479. The van der Waals surface area contributed by atoms with E-state index in [4.69, 9.17) is 17.3 Å². The summed E-state index contributed by atoms with van der Waals surface area (Å²) in [6.45, 7) is 3.87. The lowest BCUT2D eigenvalue weighted by molar-refractivity contribution is 0.253. The average molecular weight is 167 g/mol. The van der Waals surface area contributed by atoms with Crippen LogP contribution in [0.4, 0.5) is 4.79 Å². The van der Waals surface area contributed by atoms with Gasteiger partial charge < -0.3 is 10.7 Å². The molecular weight excluding hydrogens is 156 g/mol. The lowest BCUT2D eigenvalue weighted by Crippen LogP contribution is -2.52. The maximum Gasteiger partial charge on any atom is 0.304 e. The fraction of sp³-hybridized carbons (Fsp3) is 0.750. The quantitative estimate of drug-likeness (QED) is 0.459. The van der Waals surface area contributed by atoms with Crippen LogP contribution in [0.3, 0.4) is 0 Å². The molecular formula is C4H11ClN2OSi. The van der Waals surface area contributed by atoms with Crippen LogP contribution in [-0.2, 0) is 0 Å². The summed E-state index contributed by atoms with van der Waals surface area (Å²) < 4.78 is 0. The Balaban J connectivity index is 3.71. The third-order valence-electron chi connectivity index (χ3n) is 0.796. The van der Waals surface area contributed by atoms with E-state index < -0.39 is 14.3 Å². The number of urea groups is 1. The molecule has 0 aromatic rings. The Labute approximate surface area is 60.6 Å². The van der Waals surface area contributed by atoms with Gasteiger partial charge in [0.15, 0.2) is 8.24 Å². The molecule has 5 heteroatoms. The number of primary amides is 1. The molecule has 0 saturated heterocycles. The smallest absolute Gasteiger partial charge is 0.304 e. The highest BCUT2D eigenvalue weighted by Crippen LogP contribution is 1.97. The van der Waals surface area contributed by atoms with Crippen molar-refractivity contribution in [3.8, 4) is 0 Å². The Morgan fingerprint density at radius 1 is 1.78 bits per heavy atom. The first kappa shape index (κ1) is 8.78. The highest BCUT2D eigenvalue weighted by atomic mass is 35.5. The van der Waals surface area contributed by atoms with E-state index in [2.05, 4.69) is 4.98 Å². The van der Waals surface area contributed by atoms with Crippen LogP contribution >= 0.6 is 11.6 Å². The molecule has 0 atom stereocenters. The van der Waals surface area contributed by atoms with Crippen LogP contribution in [0.5, 0.6) is 0 Å². The Morgan fingerprint density at radius 2 is 2.22 bits per heavy atom. The summed E-state index contributed by atoms with van der Waals surface area (Å²) in [6.07, 6.45) is 0. The zero-order valence-electron chi connectivity index (χ0n) is 5.57. The van der Waals surface area contributed by atoms with E-state index in [-0.39, 0.29) is 0 Å². The molecule has 0 rings (SSSR count). The number of carbonyl (C=O) groups is 1. The Bertz CT molecular complexity index is 117. The second kappa shape index (κ2) is 3.08. The zero-order chi connectivity index (χ0) is 7.49. The van der Waals surface area contributed by atoms with Gasteiger partial charge in [-0.2, -0.15) is 0 Å². The van der Waals surface area contributed by atoms with Crippen LogP contribution in [0.15, 0.2) is 0 Å². The van der Waals surface area contributed by atoms with Crippen molar-refractivity contribution in [3.63, 3.8) is 0 Å². The molecule has 0 aromatic carbocycles. The summed E-state index contributed by atoms with van der Waals surface area (Å²) in [4.78, 5) is 12.9. The van der Waals surface area contributed by atoms with Crippen molar-refractivity contribution < 1.29 is 4.79 Å². The fourth-order valence-electron chi connectivity index (χ4n) is 0.367. The minimum atomic E-state index is -1.70. The van der Waals surface area contributed by atoms with Gasteiger partial charge in [-0.05, 0) is 0 Å². The molecule has 0 fully saturated rings. The first-order valence-electron chi connectivity index (χ1n) is 2.61. The number of nitrogens with one attached hydrogen (secondary N) is 1. The van der Waals surface area contributed by atoms with Crippen LogP contribution in [0, 0.1) is 0 Å². The lowest BCUT2D eigenvalue weighted by atomic mass is 11.2. The SMILES string of the molecule is C[Si](C)(CCl)NC(N)=O. The number of rotatable bonds is 2. The van der Waals surface area contributed by atoms with Crippen molar-refractivity contribution >= 4 is 25.9 Å². The molecule has 0 heterocycles. The summed E-state index contributed by atoms with van der Waals surface area (Å²) in [5.41, 5.74) is 5.38. The first-order valence-corrected chi connectivity index (χ1v) is 6.36. The van der Waals surface area contributed by atoms with E-state index in [1.807, 2.05) is 13.1 Å². The molecule has 3 nitrogen and oxygen atoms in total. The molecule has 0 radical (unpaired) electrons. The third kappa shape index (κ3) is 4.29. The number of alkyl halides is 1. The number of halogens is 1. The maximum absolute atomic E-state index is 10.3. The number of carbonyl (C=O) groups excluding carboxylic acids is 1. The predicted octanol–water partition coefficient (Wildman–Crippen LogP) is 0.638. The molecule has 0 spiro atoms. The standard InChI is InChI=1S/C4H11ClN2OSi/c1-9(2,3-5)7-4(6)8/h3H2,1-2H3,(H3,6,7,8). The van der Waals surface area contributed by atoms with Gasteiger partial charge in [-0.1, -0.05) is 13.1 Å². The van der Waals surface area contributed by atoms with E-state index in [1.165, 1.54) is 0 Å². The highest BCUT2D eigenvalue weighted by molar-refractivity contribution is 6.82. The van der Waals surface area contributed by atoms with E-state index in [9.17, 15) is 4.79 Å². The van der Waals surface area contributed by atoms with Crippen molar-refractivity contribution in [2.45, 2.75) is 13.1 Å². The minimum absolute atomic E-state index is 0.479. The maximum atomic E-state index is 10.3. The molecule has 0 aliphatic heterocycles. The van der Waals surface area contributed by atoms with E-state index in [0.717, 1.165) is 0 Å². The second-order valence-electron chi connectivity index (χ2n) is 2.51. The van der Waals surface area contributed by atoms with Gasteiger partial charge in [0, 0.05) is 5.50 Å². The normalized spacial score (nSPS) is 11.0. The number of hydrogen-bond acceptors (Lipinski definition) is 1. The lowest BCUT2D eigenvalue weighted by Gasteiger charge is -2.18. The molecule has 0 aliphatic rings. The fourth-order valence-corrected chi connectivity index (χ4v) is 1.30. The van der Waals surface area contributed by atoms with Gasteiger partial charge in [0.05, 0.1) is 0 Å². The molecule has 9 heavy (non-hydrogen) atoms. The average Bonchev–Trinajstić information content (AvgIpc) is 1.63. The van der Waals surface area contributed by atoms with Gasteiger partial charge in [-0.3, -0.25) is 4.79 Å². The predicted molar refractivity (Wildman–Crippen MR) is 40.9 cm³/mol. The van der Waals surface area contributed by atoms with Gasteiger partial charge in [0.1, 0.15) is 0 Å². The summed E-state index contributed by atoms with van der Waals surface area (Å²) in [7, 11) is -1.70. The van der Waals surface area contributed by atoms with Crippen LogP contribution in [0.2, 0.25) is 13.1 Å². The monoisotopic (exact) mass is 166 g/mol. The molecule has 0 unspecified atom stereocenters. The molecule has 0 aliphatic carbocycles. The van der Waals surface area contributed by atoms with Crippen LogP contribution in [0.1, 0.15) is 0 Å². The Kier molecular flexibility index (Phi) is 3.00. The second-order valence-corrected chi connectivity index (χ2v) is 7.59. The molecule has 0 saturated carbocycles. The molecule has 3 N–H and O–H groups in total. The summed E-state index contributed by atoms with van der Waals surface area (Å²) >= 11 is 5.53. The summed E-state index contributed by atoms with van der Waals surface area (Å²) in [5.74, 6) is 0. The third-order valence-corrected chi connectivity index (χ3v) is 4.39. The molecule has 2 amide bonds. The van der Waals surface area contributed by atoms with Gasteiger partial charge >= 0.3 is 6.03 Å². The van der Waals surface area contributed by atoms with Gasteiger partial charge in [0.2, 0.25) is 0 Å². The topological polar surface area (TPSA) is 55.1 Å². The van der Waals surface area contributed by atoms with Crippen molar-refractivity contribution in [1.29, 1.82) is 0 Å². The van der Waals surface area contributed by atoms with Crippen LogP contribution < -0.4 is 10.7 Å². The van der Waals surface area contributed by atoms with Crippen molar-refractivity contribution in [2.75, 3.05) is 5.50 Å². The van der Waals surface area contributed by atoms with E-state index >= 15 is 0 Å². The van der Waals surface area contributed by atoms with Gasteiger partial charge in [0.25, 0.3) is 0 Å². The summed E-state index contributed by atoms with van der Waals surface area (Å²) in [5, 5.41) is 0. The van der Waals surface area contributed by atoms with Gasteiger partial charge in [-0.15, -0.1) is 11.6 Å². The zero-order valence-corrected chi connectivity index (χ0v) is 7.33. The molecule has 0 bridgehead atoms. The van der Waals surface area contributed by atoms with Crippen LogP contribution in [-0.4, -0.2) is 19.8 Å². The first-order chi connectivity index (χ1) is 3.98. The Morgan fingerprint density at radius 3 is 2.33 bits per heavy atom. The Hall–Kier alpha value is -0.223. The molecule has 54 valence electrons. The number of amides is 2. The largest absolute Gasteiger partial charge is 0.364 e. The van der Waals surface area contributed by atoms with Crippen molar-refractivity contribution in [2.24, 2.45) is 5.73 Å². The van der Waals surface area contributed by atoms with E-state index in [0.29, 0.717) is 5.50 Å². The van der Waals surface area contributed by atoms with Crippen LogP contribution in [0.25, 0.3) is 0 Å². The van der Waals surface area contributed by atoms with E-state index in [1.54, 1.807) is 0 Å². The van der Waals surface area contributed by atoms with Crippen molar-refractivity contribution in [1.82, 2.24) is 4.98 Å². The highest BCUT2D eigenvalue weighted by Gasteiger charge is 2.20. The molecule has 0 aromatic heterocycles. The minimum Gasteiger partial charge on any atom is -0.364 e. The van der Waals surface area contributed by atoms with Gasteiger partial charge in [-0.25, -0.2) is 0 Å².